The van der Waals surface area contributed by atoms with E-state index in [2.05, 4.69) is 16.6 Å². The highest BCUT2D eigenvalue weighted by atomic mass is 32.2. The molecule has 0 bridgehead atoms. The van der Waals surface area contributed by atoms with Gasteiger partial charge in [-0.3, -0.25) is 0 Å². The predicted octanol–water partition coefficient (Wildman–Crippen LogP) is 1.97. The summed E-state index contributed by atoms with van der Waals surface area (Å²) in [6, 6.07) is 6.98. The van der Waals surface area contributed by atoms with Crippen LogP contribution in [0.15, 0.2) is 41.8 Å². The Morgan fingerprint density at radius 1 is 1.41 bits per heavy atom. The van der Waals surface area contributed by atoms with Gasteiger partial charge >= 0.3 is 0 Å². The maximum atomic E-state index is 11.8. The number of sulfonamides is 1. The van der Waals surface area contributed by atoms with E-state index in [1.165, 1.54) is 7.05 Å². The molecule has 0 aliphatic rings. The smallest absolute Gasteiger partial charge is 0.242 e. The van der Waals surface area contributed by atoms with Crippen molar-refractivity contribution in [3.63, 3.8) is 0 Å². The van der Waals surface area contributed by atoms with Crippen molar-refractivity contribution in [2.45, 2.75) is 24.3 Å². The number of benzene rings is 1. The molecule has 1 unspecified atom stereocenters. The average molecular weight is 254 g/mol. The highest BCUT2D eigenvalue weighted by Gasteiger charge is 2.16. The molecule has 0 spiro atoms. The Labute approximate surface area is 103 Å². The van der Waals surface area contributed by atoms with Gasteiger partial charge in [-0.05, 0) is 32.5 Å². The molecule has 0 aliphatic heterocycles. The van der Waals surface area contributed by atoms with Gasteiger partial charge in [-0.15, -0.1) is 6.58 Å². The zero-order chi connectivity index (χ0) is 12.9. The minimum Gasteiger partial charge on any atom is -0.381 e. The Bertz CT molecular complexity index is 483. The normalized spacial score (nSPS) is 13.1. The topological polar surface area (TPSA) is 58.2 Å². The van der Waals surface area contributed by atoms with Gasteiger partial charge in [0.15, 0.2) is 0 Å². The summed E-state index contributed by atoms with van der Waals surface area (Å²) >= 11 is 0. The first-order valence-corrected chi connectivity index (χ1v) is 6.89. The second kappa shape index (κ2) is 5.84. The van der Waals surface area contributed by atoms with Gasteiger partial charge in [-0.2, -0.15) is 0 Å². The van der Waals surface area contributed by atoms with Crippen LogP contribution in [0.25, 0.3) is 0 Å². The Morgan fingerprint density at radius 2 is 2.06 bits per heavy atom. The molecule has 94 valence electrons. The first-order valence-electron chi connectivity index (χ1n) is 5.41. The highest BCUT2D eigenvalue weighted by Crippen LogP contribution is 2.21. The molecule has 5 heteroatoms. The van der Waals surface area contributed by atoms with Crippen LogP contribution < -0.4 is 10.0 Å². The van der Waals surface area contributed by atoms with Crippen LogP contribution in [0, 0.1) is 0 Å². The first-order chi connectivity index (χ1) is 8.01. The van der Waals surface area contributed by atoms with E-state index in [-0.39, 0.29) is 10.9 Å². The van der Waals surface area contributed by atoms with Crippen molar-refractivity contribution < 1.29 is 8.42 Å². The number of anilines is 1. The molecule has 0 aromatic heterocycles. The van der Waals surface area contributed by atoms with E-state index in [0.717, 1.165) is 6.42 Å². The molecule has 17 heavy (non-hydrogen) atoms. The summed E-state index contributed by atoms with van der Waals surface area (Å²) in [7, 11) is -2.03. The highest BCUT2D eigenvalue weighted by molar-refractivity contribution is 7.89. The summed E-state index contributed by atoms with van der Waals surface area (Å²) in [6.07, 6.45) is 2.57. The second-order valence-corrected chi connectivity index (χ2v) is 5.63. The van der Waals surface area contributed by atoms with Gasteiger partial charge in [0.05, 0.1) is 5.69 Å². The fraction of sp³-hybridized carbons (Fsp3) is 0.333. The molecular weight excluding hydrogens is 236 g/mol. The molecule has 0 heterocycles. The third-order valence-electron chi connectivity index (χ3n) is 2.37. The van der Waals surface area contributed by atoms with Gasteiger partial charge in [0.25, 0.3) is 0 Å². The van der Waals surface area contributed by atoms with Crippen molar-refractivity contribution in [2.75, 3.05) is 12.4 Å². The summed E-state index contributed by atoms with van der Waals surface area (Å²) in [4.78, 5) is 0.262. The Kier molecular flexibility index (Phi) is 4.72. The average Bonchev–Trinajstić information content (AvgIpc) is 2.30. The van der Waals surface area contributed by atoms with Crippen LogP contribution in [-0.4, -0.2) is 21.5 Å². The number of rotatable bonds is 6. The zero-order valence-electron chi connectivity index (χ0n) is 10.1. The molecule has 1 aromatic carbocycles. The minimum atomic E-state index is -3.43. The molecule has 1 rings (SSSR count). The largest absolute Gasteiger partial charge is 0.381 e. The van der Waals surface area contributed by atoms with Crippen LogP contribution in [0.4, 0.5) is 5.69 Å². The first kappa shape index (κ1) is 13.7. The van der Waals surface area contributed by atoms with Gasteiger partial charge < -0.3 is 5.32 Å². The summed E-state index contributed by atoms with van der Waals surface area (Å²) in [5.41, 5.74) is 0.608. The fourth-order valence-corrected chi connectivity index (χ4v) is 2.40. The maximum absolute atomic E-state index is 11.8. The summed E-state index contributed by atoms with van der Waals surface area (Å²) in [5, 5.41) is 3.16. The van der Waals surface area contributed by atoms with Crippen LogP contribution in [0.2, 0.25) is 0 Å². The van der Waals surface area contributed by atoms with Crippen molar-refractivity contribution >= 4 is 15.7 Å². The Hall–Kier alpha value is -1.33. The SMILES string of the molecule is C=CCC(C)Nc1ccccc1S(=O)(=O)NC. The molecule has 0 fully saturated rings. The molecule has 4 nitrogen and oxygen atoms in total. The van der Waals surface area contributed by atoms with Crippen molar-refractivity contribution in [1.82, 2.24) is 4.72 Å². The lowest BCUT2D eigenvalue weighted by molar-refractivity contribution is 0.588. The molecule has 1 atom stereocenters. The molecule has 0 saturated carbocycles. The number of hydrogen-bond donors (Lipinski definition) is 2. The van der Waals surface area contributed by atoms with Crippen molar-refractivity contribution in [2.24, 2.45) is 0 Å². The summed E-state index contributed by atoms with van der Waals surface area (Å²) in [6.45, 7) is 5.64. The third kappa shape index (κ3) is 3.57. The number of para-hydroxylation sites is 1. The van der Waals surface area contributed by atoms with Gasteiger partial charge in [-0.25, -0.2) is 13.1 Å². The molecule has 0 aliphatic carbocycles. The lowest BCUT2D eigenvalue weighted by Gasteiger charge is -2.16. The van der Waals surface area contributed by atoms with Crippen molar-refractivity contribution in [3.8, 4) is 0 Å². The van der Waals surface area contributed by atoms with E-state index in [0.29, 0.717) is 5.69 Å². The lowest BCUT2D eigenvalue weighted by Crippen LogP contribution is -2.22. The lowest BCUT2D eigenvalue weighted by atomic mass is 10.2. The Morgan fingerprint density at radius 3 is 2.65 bits per heavy atom. The van der Waals surface area contributed by atoms with Crippen molar-refractivity contribution in [1.29, 1.82) is 0 Å². The van der Waals surface area contributed by atoms with E-state index >= 15 is 0 Å². The molecule has 0 radical (unpaired) electrons. The molecule has 0 amide bonds. The van der Waals surface area contributed by atoms with E-state index in [1.54, 1.807) is 30.3 Å². The van der Waals surface area contributed by atoms with Gasteiger partial charge in [0.2, 0.25) is 10.0 Å². The molecule has 2 N–H and O–H groups in total. The van der Waals surface area contributed by atoms with Crippen LogP contribution in [0.1, 0.15) is 13.3 Å². The van der Waals surface area contributed by atoms with E-state index < -0.39 is 10.0 Å². The van der Waals surface area contributed by atoms with Gasteiger partial charge in [0.1, 0.15) is 4.90 Å². The summed E-state index contributed by atoms with van der Waals surface area (Å²) < 4.78 is 25.9. The van der Waals surface area contributed by atoms with Gasteiger partial charge in [-0.1, -0.05) is 18.2 Å². The number of nitrogens with one attached hydrogen (secondary N) is 2. The standard InChI is InChI=1S/C12H18N2O2S/c1-4-7-10(2)14-11-8-5-6-9-12(11)17(15,16)13-3/h4-6,8-10,13-14H,1,7H2,2-3H3. The zero-order valence-corrected chi connectivity index (χ0v) is 10.9. The van der Waals surface area contributed by atoms with E-state index in [4.69, 9.17) is 0 Å². The van der Waals surface area contributed by atoms with Crippen LogP contribution >= 0.6 is 0 Å². The van der Waals surface area contributed by atoms with Crippen LogP contribution in [0.5, 0.6) is 0 Å². The maximum Gasteiger partial charge on any atom is 0.242 e. The number of hydrogen-bond acceptors (Lipinski definition) is 3. The van der Waals surface area contributed by atoms with Crippen LogP contribution in [-0.2, 0) is 10.0 Å². The van der Waals surface area contributed by atoms with E-state index in [1.807, 2.05) is 6.92 Å². The fourth-order valence-electron chi connectivity index (χ4n) is 1.50. The second-order valence-electron chi connectivity index (χ2n) is 3.77. The molecule has 0 saturated heterocycles. The quantitative estimate of drug-likeness (QED) is 0.763. The molecular formula is C12H18N2O2S. The third-order valence-corrected chi connectivity index (χ3v) is 3.84. The van der Waals surface area contributed by atoms with Crippen LogP contribution in [0.3, 0.4) is 0 Å². The molecule has 1 aromatic rings. The Balaban J connectivity index is 3.05. The minimum absolute atomic E-state index is 0.140. The monoisotopic (exact) mass is 254 g/mol. The predicted molar refractivity (Wildman–Crippen MR) is 70.6 cm³/mol. The van der Waals surface area contributed by atoms with E-state index in [9.17, 15) is 8.42 Å². The summed E-state index contributed by atoms with van der Waals surface area (Å²) in [5.74, 6) is 0. The van der Waals surface area contributed by atoms with Crippen molar-refractivity contribution in [3.05, 3.63) is 36.9 Å². The van der Waals surface area contributed by atoms with Gasteiger partial charge in [0, 0.05) is 6.04 Å².